The summed E-state index contributed by atoms with van der Waals surface area (Å²) in [5.74, 6) is -0.886. The monoisotopic (exact) mass is 220 g/mol. The minimum absolute atomic E-state index is 0.0296. The summed E-state index contributed by atoms with van der Waals surface area (Å²) in [6.45, 7) is 2.01. The van der Waals surface area contributed by atoms with Gasteiger partial charge in [0.1, 0.15) is 0 Å². The van der Waals surface area contributed by atoms with Crippen LogP contribution in [0.15, 0.2) is 0 Å². The molecule has 0 aromatic heterocycles. The number of nitrogens with one attached hydrogen (secondary N) is 2. The lowest BCUT2D eigenvalue weighted by atomic mass is 10.3. The second-order valence-electron chi connectivity index (χ2n) is 3.25. The van der Waals surface area contributed by atoms with Crippen LogP contribution in [-0.4, -0.2) is 36.4 Å². The Bertz CT molecular complexity index is 210. The standard InChI is InChI=1S/C9H17FN2O3/c1-7(10)4-6-12-9(15)11-5-2-3-8(13)14/h7H,2-6H2,1H3,(H,13,14)(H2,11,12,15). The van der Waals surface area contributed by atoms with Crippen LogP contribution in [0.4, 0.5) is 9.18 Å². The van der Waals surface area contributed by atoms with Gasteiger partial charge in [-0.25, -0.2) is 9.18 Å². The third-order valence-corrected chi connectivity index (χ3v) is 1.68. The molecule has 0 rings (SSSR count). The number of aliphatic carboxylic acids is 1. The van der Waals surface area contributed by atoms with Crippen molar-refractivity contribution >= 4 is 12.0 Å². The third-order valence-electron chi connectivity index (χ3n) is 1.68. The number of hydrogen-bond donors (Lipinski definition) is 3. The zero-order valence-corrected chi connectivity index (χ0v) is 8.75. The Morgan fingerprint density at radius 3 is 2.47 bits per heavy atom. The van der Waals surface area contributed by atoms with E-state index in [0.29, 0.717) is 13.0 Å². The SMILES string of the molecule is CC(F)CCNC(=O)NCCCC(=O)O. The lowest BCUT2D eigenvalue weighted by Gasteiger charge is -2.07. The fourth-order valence-corrected chi connectivity index (χ4v) is 0.889. The molecule has 0 aliphatic heterocycles. The van der Waals surface area contributed by atoms with Crippen molar-refractivity contribution in [3.63, 3.8) is 0 Å². The predicted molar refractivity (Wildman–Crippen MR) is 53.5 cm³/mol. The molecule has 0 fully saturated rings. The zero-order chi connectivity index (χ0) is 11.7. The van der Waals surface area contributed by atoms with Gasteiger partial charge in [-0.1, -0.05) is 0 Å². The summed E-state index contributed by atoms with van der Waals surface area (Å²) in [4.78, 5) is 21.1. The van der Waals surface area contributed by atoms with E-state index >= 15 is 0 Å². The van der Waals surface area contributed by atoms with E-state index < -0.39 is 12.1 Å². The number of carbonyl (C=O) groups excluding carboxylic acids is 1. The van der Waals surface area contributed by atoms with Gasteiger partial charge in [0.15, 0.2) is 0 Å². The van der Waals surface area contributed by atoms with Crippen LogP contribution in [0.2, 0.25) is 0 Å². The van der Waals surface area contributed by atoms with E-state index in [1.54, 1.807) is 0 Å². The lowest BCUT2D eigenvalue weighted by Crippen LogP contribution is -2.37. The van der Waals surface area contributed by atoms with Crippen LogP contribution >= 0.6 is 0 Å². The average Bonchev–Trinajstić information content (AvgIpc) is 2.11. The first-order chi connectivity index (χ1) is 7.02. The van der Waals surface area contributed by atoms with Crippen molar-refractivity contribution in [3.8, 4) is 0 Å². The average molecular weight is 220 g/mol. The maximum Gasteiger partial charge on any atom is 0.314 e. The second-order valence-corrected chi connectivity index (χ2v) is 3.25. The van der Waals surface area contributed by atoms with Gasteiger partial charge in [0.25, 0.3) is 0 Å². The van der Waals surface area contributed by atoms with Crippen molar-refractivity contribution in [2.45, 2.75) is 32.4 Å². The van der Waals surface area contributed by atoms with E-state index in [4.69, 9.17) is 5.11 Å². The normalized spacial score (nSPS) is 11.9. The van der Waals surface area contributed by atoms with Gasteiger partial charge in [-0.3, -0.25) is 4.79 Å². The van der Waals surface area contributed by atoms with Crippen LogP contribution in [0, 0.1) is 0 Å². The highest BCUT2D eigenvalue weighted by Gasteiger charge is 2.02. The fraction of sp³-hybridized carbons (Fsp3) is 0.778. The van der Waals surface area contributed by atoms with Crippen LogP contribution in [-0.2, 0) is 4.79 Å². The third kappa shape index (κ3) is 10.6. The largest absolute Gasteiger partial charge is 0.481 e. The van der Waals surface area contributed by atoms with E-state index in [1.165, 1.54) is 6.92 Å². The van der Waals surface area contributed by atoms with Crippen LogP contribution in [0.3, 0.4) is 0 Å². The molecule has 15 heavy (non-hydrogen) atoms. The van der Waals surface area contributed by atoms with Crippen molar-refractivity contribution in [3.05, 3.63) is 0 Å². The highest BCUT2D eigenvalue weighted by molar-refractivity contribution is 5.73. The Hall–Kier alpha value is -1.33. The van der Waals surface area contributed by atoms with E-state index in [2.05, 4.69) is 10.6 Å². The van der Waals surface area contributed by atoms with Gasteiger partial charge >= 0.3 is 12.0 Å². The van der Waals surface area contributed by atoms with Crippen LogP contribution < -0.4 is 10.6 Å². The first kappa shape index (κ1) is 13.7. The summed E-state index contributed by atoms with van der Waals surface area (Å²) in [7, 11) is 0. The van der Waals surface area contributed by atoms with Crippen LogP contribution in [0.25, 0.3) is 0 Å². The quantitative estimate of drug-likeness (QED) is 0.558. The Morgan fingerprint density at radius 2 is 1.93 bits per heavy atom. The minimum Gasteiger partial charge on any atom is -0.481 e. The Kier molecular flexibility index (Phi) is 7.31. The van der Waals surface area contributed by atoms with E-state index in [-0.39, 0.29) is 25.4 Å². The summed E-state index contributed by atoms with van der Waals surface area (Å²) in [5.41, 5.74) is 0. The molecule has 0 aliphatic rings. The van der Waals surface area contributed by atoms with Gasteiger partial charge < -0.3 is 15.7 Å². The molecule has 5 nitrogen and oxygen atoms in total. The highest BCUT2D eigenvalue weighted by atomic mass is 19.1. The Balaban J connectivity index is 3.30. The molecule has 2 amide bonds. The molecular weight excluding hydrogens is 203 g/mol. The van der Waals surface area contributed by atoms with Crippen molar-refractivity contribution in [2.75, 3.05) is 13.1 Å². The molecule has 6 heteroatoms. The molecule has 0 aromatic carbocycles. The summed E-state index contributed by atoms with van der Waals surface area (Å²) in [5, 5.41) is 13.3. The molecule has 0 radical (unpaired) electrons. The van der Waals surface area contributed by atoms with Crippen molar-refractivity contribution < 1.29 is 19.1 Å². The summed E-state index contributed by atoms with van der Waals surface area (Å²) >= 11 is 0. The van der Waals surface area contributed by atoms with Gasteiger partial charge in [0.2, 0.25) is 0 Å². The first-order valence-electron chi connectivity index (χ1n) is 4.90. The summed E-state index contributed by atoms with van der Waals surface area (Å²) in [6, 6.07) is -0.388. The lowest BCUT2D eigenvalue weighted by molar-refractivity contribution is -0.137. The maximum atomic E-state index is 12.3. The molecule has 0 bridgehead atoms. The molecular formula is C9H17FN2O3. The van der Waals surface area contributed by atoms with Gasteiger partial charge in [0.05, 0.1) is 6.17 Å². The number of amides is 2. The Morgan fingerprint density at radius 1 is 1.33 bits per heavy atom. The summed E-state index contributed by atoms with van der Waals surface area (Å²) < 4.78 is 12.3. The molecule has 1 unspecified atom stereocenters. The highest BCUT2D eigenvalue weighted by Crippen LogP contribution is 1.92. The number of carboxylic acids is 1. The molecule has 0 saturated heterocycles. The van der Waals surface area contributed by atoms with E-state index in [9.17, 15) is 14.0 Å². The number of alkyl halides is 1. The second kappa shape index (κ2) is 8.02. The van der Waals surface area contributed by atoms with E-state index in [0.717, 1.165) is 0 Å². The number of carboxylic acid groups (broad SMARTS) is 1. The number of halogens is 1. The minimum atomic E-state index is -0.933. The van der Waals surface area contributed by atoms with Gasteiger partial charge in [0, 0.05) is 19.5 Å². The fourth-order valence-electron chi connectivity index (χ4n) is 0.889. The van der Waals surface area contributed by atoms with Crippen molar-refractivity contribution in [2.24, 2.45) is 0 Å². The topological polar surface area (TPSA) is 78.4 Å². The smallest absolute Gasteiger partial charge is 0.314 e. The number of carbonyl (C=O) groups is 2. The molecule has 1 atom stereocenters. The van der Waals surface area contributed by atoms with E-state index in [1.807, 2.05) is 0 Å². The molecule has 0 saturated carbocycles. The Labute approximate surface area is 88.0 Å². The molecule has 88 valence electrons. The van der Waals surface area contributed by atoms with Crippen LogP contribution in [0.5, 0.6) is 0 Å². The molecule has 0 heterocycles. The number of hydrogen-bond acceptors (Lipinski definition) is 2. The van der Waals surface area contributed by atoms with Crippen molar-refractivity contribution in [1.82, 2.24) is 10.6 Å². The zero-order valence-electron chi connectivity index (χ0n) is 8.75. The maximum absolute atomic E-state index is 12.3. The molecule has 0 aromatic rings. The van der Waals surface area contributed by atoms with Gasteiger partial charge in [-0.2, -0.15) is 0 Å². The van der Waals surface area contributed by atoms with Crippen molar-refractivity contribution in [1.29, 1.82) is 0 Å². The summed E-state index contributed by atoms with van der Waals surface area (Å²) in [6.07, 6.45) is -0.232. The molecule has 3 N–H and O–H groups in total. The number of rotatable bonds is 7. The van der Waals surface area contributed by atoms with Crippen LogP contribution in [0.1, 0.15) is 26.2 Å². The first-order valence-corrected chi connectivity index (χ1v) is 4.90. The predicted octanol–water partition coefficient (Wildman–Crippen LogP) is 0.898. The number of urea groups is 1. The van der Waals surface area contributed by atoms with Gasteiger partial charge in [-0.15, -0.1) is 0 Å². The van der Waals surface area contributed by atoms with Gasteiger partial charge in [-0.05, 0) is 19.8 Å². The molecule has 0 aliphatic carbocycles. The molecule has 0 spiro atoms.